The number of nitrogens with zero attached hydrogens (tertiary/aromatic N) is 1. The van der Waals surface area contributed by atoms with Gasteiger partial charge in [0.15, 0.2) is 0 Å². The average molecular weight is 176 g/mol. The molecule has 1 aromatic carbocycles. The van der Waals surface area contributed by atoms with Crippen LogP contribution in [0, 0.1) is 0 Å². The van der Waals surface area contributed by atoms with Gasteiger partial charge in [0.25, 0.3) is 0 Å². The van der Waals surface area contributed by atoms with Crippen LogP contribution in [0.1, 0.15) is 5.56 Å². The van der Waals surface area contributed by atoms with Crippen LogP contribution in [-0.2, 0) is 4.79 Å². The molecule has 1 aromatic rings. The van der Waals surface area contributed by atoms with Gasteiger partial charge in [0, 0.05) is 17.5 Å². The molecule has 0 bridgehead atoms. The highest BCUT2D eigenvalue weighted by Crippen LogP contribution is 2.17. The second kappa shape index (κ2) is 2.90. The molecular weight excluding hydrogens is 168 g/mol. The first kappa shape index (κ1) is 7.79. The van der Waals surface area contributed by atoms with E-state index in [1.165, 1.54) is 0 Å². The average Bonchev–Trinajstić information content (AvgIpc) is 2.17. The number of carbonyl (C=O) groups is 1. The predicted octanol–water partition coefficient (Wildman–Crippen LogP) is 0.942. The molecule has 0 amide bonds. The Balaban J connectivity index is 2.34. The molecule has 2 N–H and O–H groups in total. The van der Waals surface area contributed by atoms with Crippen molar-refractivity contribution in [3.05, 3.63) is 29.8 Å². The first-order valence-corrected chi connectivity index (χ1v) is 3.89. The Labute approximate surface area is 74.9 Å². The molecule has 1 aliphatic rings. The molecule has 0 spiro atoms. The Morgan fingerprint density at radius 3 is 3.00 bits per heavy atom. The minimum atomic E-state index is -0.967. The van der Waals surface area contributed by atoms with Crippen molar-refractivity contribution in [3.63, 3.8) is 0 Å². The lowest BCUT2D eigenvalue weighted by Crippen LogP contribution is -2.30. The third-order valence-electron chi connectivity index (χ3n) is 1.85. The van der Waals surface area contributed by atoms with Gasteiger partial charge in [-0.3, -0.25) is 4.99 Å². The molecule has 0 saturated carbocycles. The van der Waals surface area contributed by atoms with Crippen LogP contribution in [-0.4, -0.2) is 23.5 Å². The van der Waals surface area contributed by atoms with Crippen molar-refractivity contribution in [2.24, 2.45) is 4.99 Å². The van der Waals surface area contributed by atoms with Gasteiger partial charge < -0.3 is 10.4 Å². The summed E-state index contributed by atoms with van der Waals surface area (Å²) in [6.45, 7) is 0. The zero-order valence-electron chi connectivity index (χ0n) is 6.77. The molecular formula is C9H8N2O2. The van der Waals surface area contributed by atoms with E-state index in [2.05, 4.69) is 10.3 Å². The van der Waals surface area contributed by atoms with E-state index in [1.807, 2.05) is 24.3 Å². The molecule has 0 aliphatic carbocycles. The monoisotopic (exact) mass is 176 g/mol. The van der Waals surface area contributed by atoms with Crippen LogP contribution in [0.4, 0.5) is 5.69 Å². The van der Waals surface area contributed by atoms with E-state index < -0.39 is 12.1 Å². The fourth-order valence-electron chi connectivity index (χ4n) is 1.21. The Hall–Kier alpha value is -1.84. The lowest BCUT2D eigenvalue weighted by atomic mass is 10.1. The van der Waals surface area contributed by atoms with Crippen LogP contribution >= 0.6 is 0 Å². The first-order chi connectivity index (χ1) is 6.27. The summed E-state index contributed by atoms with van der Waals surface area (Å²) in [5.41, 5.74) is 1.73. The summed E-state index contributed by atoms with van der Waals surface area (Å²) in [5.74, 6) is -0.967. The van der Waals surface area contributed by atoms with Gasteiger partial charge in [-0.1, -0.05) is 18.2 Å². The van der Waals surface area contributed by atoms with Gasteiger partial charge in [-0.05, 0) is 6.07 Å². The van der Waals surface area contributed by atoms with E-state index in [9.17, 15) is 4.79 Å². The summed E-state index contributed by atoms with van der Waals surface area (Å²) in [6.07, 6.45) is 0.722. The maximum Gasteiger partial charge on any atom is 0.349 e. The third kappa shape index (κ3) is 1.38. The number of nitrogens with one attached hydrogen (secondary N) is 1. The van der Waals surface area contributed by atoms with E-state index in [4.69, 9.17) is 5.11 Å². The number of rotatable bonds is 1. The van der Waals surface area contributed by atoms with Crippen LogP contribution < -0.4 is 5.32 Å². The molecule has 2 rings (SSSR count). The lowest BCUT2D eigenvalue weighted by molar-refractivity contribution is -0.137. The number of carboxylic acids is 1. The van der Waals surface area contributed by atoms with Crippen LogP contribution in [0.25, 0.3) is 0 Å². The number of aliphatic carboxylic acids is 1. The highest BCUT2D eigenvalue weighted by Gasteiger charge is 2.18. The summed E-state index contributed by atoms with van der Waals surface area (Å²) in [7, 11) is 0. The molecule has 13 heavy (non-hydrogen) atoms. The Bertz CT molecular complexity index is 374. The van der Waals surface area contributed by atoms with E-state index in [-0.39, 0.29) is 0 Å². The quantitative estimate of drug-likeness (QED) is 0.669. The summed E-state index contributed by atoms with van der Waals surface area (Å²) in [4.78, 5) is 14.4. The summed E-state index contributed by atoms with van der Waals surface area (Å²) >= 11 is 0. The number of para-hydroxylation sites is 1. The van der Waals surface area contributed by atoms with Crippen LogP contribution in [0.2, 0.25) is 0 Å². The number of anilines is 1. The molecule has 1 aliphatic heterocycles. The van der Waals surface area contributed by atoms with Crippen LogP contribution in [0.5, 0.6) is 0 Å². The highest BCUT2D eigenvalue weighted by atomic mass is 16.4. The highest BCUT2D eigenvalue weighted by molar-refractivity contribution is 5.93. The Morgan fingerprint density at radius 2 is 2.23 bits per heavy atom. The molecule has 0 saturated heterocycles. The van der Waals surface area contributed by atoms with Crippen molar-refractivity contribution in [3.8, 4) is 0 Å². The molecule has 1 atom stereocenters. The van der Waals surface area contributed by atoms with Crippen LogP contribution in [0.15, 0.2) is 29.3 Å². The second-order valence-corrected chi connectivity index (χ2v) is 2.75. The lowest BCUT2D eigenvalue weighted by Gasteiger charge is -2.17. The largest absolute Gasteiger partial charge is 0.478 e. The molecule has 4 nitrogen and oxygen atoms in total. The maximum atomic E-state index is 10.6. The van der Waals surface area contributed by atoms with Gasteiger partial charge in [-0.2, -0.15) is 0 Å². The van der Waals surface area contributed by atoms with Crippen LogP contribution in [0.3, 0.4) is 0 Å². The zero-order valence-corrected chi connectivity index (χ0v) is 6.77. The number of benzene rings is 1. The van der Waals surface area contributed by atoms with E-state index in [0.717, 1.165) is 11.3 Å². The van der Waals surface area contributed by atoms with Gasteiger partial charge in [-0.15, -0.1) is 0 Å². The van der Waals surface area contributed by atoms with Gasteiger partial charge in [-0.25, -0.2) is 4.79 Å². The molecule has 0 radical (unpaired) electrons. The number of carboxylic acid groups (broad SMARTS) is 1. The number of hydrogen-bond donors (Lipinski definition) is 2. The van der Waals surface area contributed by atoms with Gasteiger partial charge >= 0.3 is 5.97 Å². The first-order valence-electron chi connectivity index (χ1n) is 3.89. The number of aliphatic imine (C=N–C) groups is 1. The van der Waals surface area contributed by atoms with Crippen molar-refractivity contribution < 1.29 is 9.90 Å². The van der Waals surface area contributed by atoms with Crippen molar-refractivity contribution in [2.45, 2.75) is 6.17 Å². The molecule has 0 fully saturated rings. The normalized spacial score (nSPS) is 18.9. The minimum Gasteiger partial charge on any atom is -0.478 e. The molecule has 1 unspecified atom stereocenters. The molecule has 1 heterocycles. The summed E-state index contributed by atoms with van der Waals surface area (Å²) in [5, 5.41) is 11.5. The SMILES string of the molecule is O=C(O)C1N=Cc2ccccc2N1. The predicted molar refractivity (Wildman–Crippen MR) is 49.1 cm³/mol. The molecule has 4 heteroatoms. The maximum absolute atomic E-state index is 10.6. The number of hydrogen-bond acceptors (Lipinski definition) is 3. The van der Waals surface area contributed by atoms with Crippen molar-refractivity contribution in [2.75, 3.05) is 5.32 Å². The third-order valence-corrected chi connectivity index (χ3v) is 1.85. The topological polar surface area (TPSA) is 61.7 Å². The fourth-order valence-corrected chi connectivity index (χ4v) is 1.21. The fraction of sp³-hybridized carbons (Fsp3) is 0.111. The van der Waals surface area contributed by atoms with Crippen molar-refractivity contribution >= 4 is 17.9 Å². The second-order valence-electron chi connectivity index (χ2n) is 2.75. The molecule has 66 valence electrons. The summed E-state index contributed by atoms with van der Waals surface area (Å²) in [6, 6.07) is 7.44. The van der Waals surface area contributed by atoms with E-state index in [1.54, 1.807) is 6.21 Å². The van der Waals surface area contributed by atoms with E-state index >= 15 is 0 Å². The molecule has 0 aromatic heterocycles. The smallest absolute Gasteiger partial charge is 0.349 e. The Kier molecular flexibility index (Phi) is 1.73. The zero-order chi connectivity index (χ0) is 9.26. The van der Waals surface area contributed by atoms with Gasteiger partial charge in [0.1, 0.15) is 0 Å². The standard InChI is InChI=1S/C9H8N2O2/c12-9(13)8-10-5-6-3-1-2-4-7(6)11-8/h1-5,8,11H,(H,12,13). The minimum absolute atomic E-state index is 0.810. The van der Waals surface area contributed by atoms with Crippen molar-refractivity contribution in [1.29, 1.82) is 0 Å². The van der Waals surface area contributed by atoms with Gasteiger partial charge in [0.2, 0.25) is 6.17 Å². The van der Waals surface area contributed by atoms with Gasteiger partial charge in [0.05, 0.1) is 0 Å². The Morgan fingerprint density at radius 1 is 1.46 bits per heavy atom. The summed E-state index contributed by atoms with van der Waals surface area (Å²) < 4.78 is 0. The van der Waals surface area contributed by atoms with Crippen molar-refractivity contribution in [1.82, 2.24) is 0 Å². The van der Waals surface area contributed by atoms with E-state index in [0.29, 0.717) is 0 Å². The number of fused-ring (bicyclic) bond motifs is 1.